The highest BCUT2D eigenvalue weighted by Gasteiger charge is 2.24. The summed E-state index contributed by atoms with van der Waals surface area (Å²) in [6.45, 7) is 2.04. The minimum Gasteiger partial charge on any atom is -0.393 e. The molecule has 0 radical (unpaired) electrons. The molecule has 1 fully saturated rings. The largest absolute Gasteiger partial charge is 0.393 e. The highest BCUT2D eigenvalue weighted by molar-refractivity contribution is 7.89. The Morgan fingerprint density at radius 2 is 1.74 bits per heavy atom. The minimum atomic E-state index is -3.43. The Bertz CT molecular complexity index is 502. The molecule has 4 nitrogen and oxygen atoms in total. The fraction of sp³-hybridized carbons (Fsp3) is 0.571. The minimum absolute atomic E-state index is 0.0562. The van der Waals surface area contributed by atoms with Crippen LogP contribution in [0.2, 0.25) is 0 Å². The highest BCUT2D eigenvalue weighted by atomic mass is 32.2. The van der Waals surface area contributed by atoms with Crippen LogP contribution in [0.15, 0.2) is 29.2 Å². The summed E-state index contributed by atoms with van der Waals surface area (Å²) in [6.07, 6.45) is 3.36. The van der Waals surface area contributed by atoms with Gasteiger partial charge in [-0.3, -0.25) is 0 Å². The van der Waals surface area contributed by atoms with E-state index < -0.39 is 10.0 Å². The Balaban J connectivity index is 2.05. The first-order valence-electron chi connectivity index (χ1n) is 6.80. The van der Waals surface area contributed by atoms with E-state index in [0.29, 0.717) is 30.6 Å². The molecule has 0 aromatic heterocycles. The van der Waals surface area contributed by atoms with E-state index in [1.54, 1.807) is 12.1 Å². The quantitative estimate of drug-likeness (QED) is 0.886. The molecule has 19 heavy (non-hydrogen) atoms. The molecule has 1 aromatic rings. The number of rotatable bonds is 4. The van der Waals surface area contributed by atoms with E-state index in [0.717, 1.165) is 12.0 Å². The number of aliphatic hydroxyl groups excluding tert-OH is 1. The van der Waals surface area contributed by atoms with Crippen molar-refractivity contribution in [2.75, 3.05) is 0 Å². The Hall–Kier alpha value is -0.910. The van der Waals surface area contributed by atoms with Crippen molar-refractivity contribution in [1.82, 2.24) is 4.72 Å². The molecule has 2 rings (SSSR count). The first kappa shape index (κ1) is 14.5. The fourth-order valence-corrected chi connectivity index (χ4v) is 3.69. The van der Waals surface area contributed by atoms with Gasteiger partial charge in [-0.1, -0.05) is 19.1 Å². The van der Waals surface area contributed by atoms with Crippen LogP contribution < -0.4 is 4.72 Å². The lowest BCUT2D eigenvalue weighted by atomic mass is 9.94. The summed E-state index contributed by atoms with van der Waals surface area (Å²) >= 11 is 0. The summed E-state index contributed by atoms with van der Waals surface area (Å²) in [5, 5.41) is 9.42. The number of hydrogen-bond acceptors (Lipinski definition) is 3. The van der Waals surface area contributed by atoms with Gasteiger partial charge in [0, 0.05) is 6.04 Å². The molecule has 5 heteroatoms. The van der Waals surface area contributed by atoms with E-state index in [2.05, 4.69) is 4.72 Å². The smallest absolute Gasteiger partial charge is 0.240 e. The lowest BCUT2D eigenvalue weighted by Crippen LogP contribution is -2.38. The maximum absolute atomic E-state index is 12.2. The topological polar surface area (TPSA) is 66.4 Å². The molecule has 0 spiro atoms. The van der Waals surface area contributed by atoms with Crippen LogP contribution in [0.4, 0.5) is 0 Å². The van der Waals surface area contributed by atoms with Gasteiger partial charge >= 0.3 is 0 Å². The van der Waals surface area contributed by atoms with E-state index in [4.69, 9.17) is 0 Å². The Kier molecular flexibility index (Phi) is 4.60. The van der Waals surface area contributed by atoms with Gasteiger partial charge in [0.1, 0.15) is 0 Å². The van der Waals surface area contributed by atoms with Crippen LogP contribution >= 0.6 is 0 Å². The fourth-order valence-electron chi connectivity index (χ4n) is 2.39. The van der Waals surface area contributed by atoms with Crippen LogP contribution in [0, 0.1) is 0 Å². The number of sulfonamides is 1. The second-order valence-electron chi connectivity index (χ2n) is 5.12. The normalized spacial score (nSPS) is 24.3. The van der Waals surface area contributed by atoms with E-state index in [-0.39, 0.29) is 12.1 Å². The molecule has 106 valence electrons. The van der Waals surface area contributed by atoms with Crippen LogP contribution in [0.3, 0.4) is 0 Å². The van der Waals surface area contributed by atoms with Gasteiger partial charge < -0.3 is 5.11 Å². The summed E-state index contributed by atoms with van der Waals surface area (Å²) in [7, 11) is -3.43. The number of nitrogens with one attached hydrogen (secondary N) is 1. The first-order chi connectivity index (χ1) is 9.01. The molecule has 1 saturated carbocycles. The average molecular weight is 283 g/mol. The maximum atomic E-state index is 12.2. The average Bonchev–Trinajstić information content (AvgIpc) is 2.41. The van der Waals surface area contributed by atoms with Crippen molar-refractivity contribution in [2.45, 2.75) is 56.1 Å². The predicted octanol–water partition coefficient (Wildman–Crippen LogP) is 1.83. The zero-order chi connectivity index (χ0) is 13.9. The Morgan fingerprint density at radius 3 is 2.26 bits per heavy atom. The van der Waals surface area contributed by atoms with Gasteiger partial charge in [0.05, 0.1) is 11.0 Å². The van der Waals surface area contributed by atoms with Crippen LogP contribution in [0.25, 0.3) is 0 Å². The molecule has 2 N–H and O–H groups in total. The van der Waals surface area contributed by atoms with Crippen LogP contribution in [-0.2, 0) is 16.4 Å². The van der Waals surface area contributed by atoms with Crippen molar-refractivity contribution in [3.63, 3.8) is 0 Å². The molecule has 1 aromatic carbocycles. The van der Waals surface area contributed by atoms with Crippen molar-refractivity contribution in [3.05, 3.63) is 29.8 Å². The zero-order valence-electron chi connectivity index (χ0n) is 11.2. The van der Waals surface area contributed by atoms with Gasteiger partial charge in [-0.15, -0.1) is 0 Å². The molecule has 0 unspecified atom stereocenters. The lowest BCUT2D eigenvalue weighted by Gasteiger charge is -2.25. The molecule has 0 aliphatic heterocycles. The third-order valence-electron chi connectivity index (χ3n) is 3.66. The van der Waals surface area contributed by atoms with E-state index >= 15 is 0 Å². The summed E-state index contributed by atoms with van der Waals surface area (Å²) in [4.78, 5) is 0.316. The SMILES string of the molecule is CCc1ccc(S(=O)(=O)NC2CCC(O)CC2)cc1. The Morgan fingerprint density at radius 1 is 1.16 bits per heavy atom. The summed E-state index contributed by atoms with van der Waals surface area (Å²) in [5.41, 5.74) is 1.12. The lowest BCUT2D eigenvalue weighted by molar-refractivity contribution is 0.120. The number of hydrogen-bond donors (Lipinski definition) is 2. The molecular formula is C14H21NO3S. The molecular weight excluding hydrogens is 262 g/mol. The third-order valence-corrected chi connectivity index (χ3v) is 5.20. The summed E-state index contributed by atoms with van der Waals surface area (Å²) < 4.78 is 27.1. The van der Waals surface area contributed by atoms with Crippen molar-refractivity contribution >= 4 is 10.0 Å². The van der Waals surface area contributed by atoms with Gasteiger partial charge in [0.15, 0.2) is 0 Å². The van der Waals surface area contributed by atoms with Crippen LogP contribution in [0.1, 0.15) is 38.2 Å². The standard InChI is InChI=1S/C14H21NO3S/c1-2-11-3-9-14(10-4-11)19(17,18)15-12-5-7-13(16)8-6-12/h3-4,9-10,12-13,15-16H,2,5-8H2,1H3. The van der Waals surface area contributed by atoms with E-state index in [1.807, 2.05) is 19.1 Å². The van der Waals surface area contributed by atoms with Crippen molar-refractivity contribution in [1.29, 1.82) is 0 Å². The van der Waals surface area contributed by atoms with Crippen molar-refractivity contribution < 1.29 is 13.5 Å². The number of benzene rings is 1. The van der Waals surface area contributed by atoms with Crippen LogP contribution in [-0.4, -0.2) is 25.7 Å². The number of aliphatic hydroxyl groups is 1. The van der Waals surface area contributed by atoms with E-state index in [1.165, 1.54) is 0 Å². The van der Waals surface area contributed by atoms with Gasteiger partial charge in [0.25, 0.3) is 0 Å². The first-order valence-corrected chi connectivity index (χ1v) is 8.29. The van der Waals surface area contributed by atoms with Crippen LogP contribution in [0.5, 0.6) is 0 Å². The van der Waals surface area contributed by atoms with Gasteiger partial charge in [0.2, 0.25) is 10.0 Å². The highest BCUT2D eigenvalue weighted by Crippen LogP contribution is 2.20. The second-order valence-corrected chi connectivity index (χ2v) is 6.84. The molecule has 0 saturated heterocycles. The predicted molar refractivity (Wildman–Crippen MR) is 74.4 cm³/mol. The van der Waals surface area contributed by atoms with Gasteiger partial charge in [-0.2, -0.15) is 0 Å². The monoisotopic (exact) mass is 283 g/mol. The summed E-state index contributed by atoms with van der Waals surface area (Å²) in [5.74, 6) is 0. The Labute approximate surface area is 114 Å². The molecule has 0 heterocycles. The molecule has 0 bridgehead atoms. The van der Waals surface area contributed by atoms with E-state index in [9.17, 15) is 13.5 Å². The third kappa shape index (κ3) is 3.78. The molecule has 0 amide bonds. The molecule has 1 aliphatic carbocycles. The zero-order valence-corrected chi connectivity index (χ0v) is 12.0. The number of aryl methyl sites for hydroxylation is 1. The summed E-state index contributed by atoms with van der Waals surface area (Å²) in [6, 6.07) is 6.94. The molecule has 1 aliphatic rings. The van der Waals surface area contributed by atoms with Gasteiger partial charge in [-0.05, 0) is 49.8 Å². The van der Waals surface area contributed by atoms with Crippen molar-refractivity contribution in [2.24, 2.45) is 0 Å². The molecule has 0 atom stereocenters. The van der Waals surface area contributed by atoms with Crippen molar-refractivity contribution in [3.8, 4) is 0 Å². The second kappa shape index (κ2) is 6.03. The maximum Gasteiger partial charge on any atom is 0.240 e. The van der Waals surface area contributed by atoms with Gasteiger partial charge in [-0.25, -0.2) is 13.1 Å².